The zero-order valence-corrected chi connectivity index (χ0v) is 9.47. The van der Waals surface area contributed by atoms with Crippen LogP contribution in [-0.2, 0) is 0 Å². The van der Waals surface area contributed by atoms with Crippen LogP contribution in [-0.4, -0.2) is 0 Å². The van der Waals surface area contributed by atoms with Gasteiger partial charge in [0.1, 0.15) is 0 Å². The van der Waals surface area contributed by atoms with Gasteiger partial charge in [-0.25, -0.2) is 0 Å². The first-order chi connectivity index (χ1) is 6.31. The molecule has 0 bridgehead atoms. The van der Waals surface area contributed by atoms with Gasteiger partial charge in [-0.3, -0.25) is 0 Å². The number of hydrogen-bond donors (Lipinski definition) is 0. The van der Waals surface area contributed by atoms with Crippen LogP contribution in [0.25, 0.3) is 0 Å². The molecular weight excluding hydrogens is 156 g/mol. The Morgan fingerprint density at radius 3 is 2.38 bits per heavy atom. The maximum absolute atomic E-state index is 2.50. The topological polar surface area (TPSA) is 0 Å². The largest absolute Gasteiger partial charge is 0.0853 e. The molecule has 0 heterocycles. The van der Waals surface area contributed by atoms with E-state index in [1.54, 1.807) is 5.57 Å². The van der Waals surface area contributed by atoms with Crippen molar-refractivity contribution in [3.8, 4) is 0 Å². The lowest BCUT2D eigenvalue weighted by atomic mass is 9.83. The molecule has 0 amide bonds. The van der Waals surface area contributed by atoms with Gasteiger partial charge in [0, 0.05) is 0 Å². The van der Waals surface area contributed by atoms with Crippen molar-refractivity contribution in [2.75, 3.05) is 0 Å². The molecule has 0 aromatic carbocycles. The predicted octanol–water partition coefficient (Wildman–Crippen LogP) is 4.56. The van der Waals surface area contributed by atoms with E-state index in [0.29, 0.717) is 0 Å². The quantitative estimate of drug-likeness (QED) is 0.558. The zero-order valence-electron chi connectivity index (χ0n) is 9.47. The van der Waals surface area contributed by atoms with Crippen LogP contribution in [0, 0.1) is 11.8 Å². The smallest absolute Gasteiger partial charge is 0.0289 e. The van der Waals surface area contributed by atoms with Gasteiger partial charge in [-0.15, -0.1) is 0 Å². The number of hydrogen-bond acceptors (Lipinski definition) is 0. The average Bonchev–Trinajstić information content (AvgIpc) is 2.38. The summed E-state index contributed by atoms with van der Waals surface area (Å²) in [6.45, 7) is 7.00. The molecule has 0 aromatic heterocycles. The van der Waals surface area contributed by atoms with Crippen LogP contribution >= 0.6 is 0 Å². The lowest BCUT2D eigenvalue weighted by Crippen LogP contribution is -2.12. The van der Waals surface area contributed by atoms with Crippen molar-refractivity contribution < 1.29 is 0 Å². The molecule has 1 aliphatic rings. The summed E-state index contributed by atoms with van der Waals surface area (Å²) in [6, 6.07) is 0. The molecular formula is C13H24. The maximum atomic E-state index is 2.50. The van der Waals surface area contributed by atoms with Crippen molar-refractivity contribution in [3.05, 3.63) is 11.6 Å². The highest BCUT2D eigenvalue weighted by Crippen LogP contribution is 2.33. The average molecular weight is 180 g/mol. The molecule has 76 valence electrons. The molecule has 2 atom stereocenters. The Balaban J connectivity index is 2.59. The van der Waals surface area contributed by atoms with Crippen molar-refractivity contribution in [3.63, 3.8) is 0 Å². The fourth-order valence-corrected chi connectivity index (χ4v) is 2.63. The van der Waals surface area contributed by atoms with Gasteiger partial charge in [-0.2, -0.15) is 0 Å². The van der Waals surface area contributed by atoms with Crippen LogP contribution in [0.4, 0.5) is 0 Å². The van der Waals surface area contributed by atoms with Crippen LogP contribution < -0.4 is 0 Å². The van der Waals surface area contributed by atoms with E-state index in [2.05, 4.69) is 26.8 Å². The summed E-state index contributed by atoms with van der Waals surface area (Å²) in [7, 11) is 0. The third kappa shape index (κ3) is 2.86. The third-order valence-corrected chi connectivity index (χ3v) is 3.66. The molecule has 1 rings (SSSR count). The first-order valence-corrected chi connectivity index (χ1v) is 5.99. The fraction of sp³-hybridized carbons (Fsp3) is 0.846. The highest BCUT2D eigenvalue weighted by molar-refractivity contribution is 5.05. The van der Waals surface area contributed by atoms with Crippen LogP contribution in [0.2, 0.25) is 0 Å². The molecule has 1 aliphatic carbocycles. The molecule has 0 nitrogen and oxygen atoms in total. The minimum Gasteiger partial charge on any atom is -0.0853 e. The van der Waals surface area contributed by atoms with Gasteiger partial charge in [0.15, 0.2) is 0 Å². The molecule has 0 fully saturated rings. The molecule has 0 saturated heterocycles. The Bertz CT molecular complexity index is 167. The van der Waals surface area contributed by atoms with Crippen molar-refractivity contribution in [1.82, 2.24) is 0 Å². The molecule has 0 radical (unpaired) electrons. The van der Waals surface area contributed by atoms with E-state index in [-0.39, 0.29) is 0 Å². The molecule has 13 heavy (non-hydrogen) atoms. The first-order valence-electron chi connectivity index (χ1n) is 5.99. The maximum Gasteiger partial charge on any atom is -0.0289 e. The lowest BCUT2D eigenvalue weighted by Gasteiger charge is -2.23. The van der Waals surface area contributed by atoms with Crippen molar-refractivity contribution in [1.29, 1.82) is 0 Å². The summed E-state index contributed by atoms with van der Waals surface area (Å²) in [5, 5.41) is 0. The molecule has 0 saturated carbocycles. The molecule has 0 N–H and O–H groups in total. The van der Waals surface area contributed by atoms with Gasteiger partial charge < -0.3 is 0 Å². The van der Waals surface area contributed by atoms with E-state index in [0.717, 1.165) is 11.8 Å². The molecule has 0 heteroatoms. The Morgan fingerprint density at radius 2 is 1.85 bits per heavy atom. The summed E-state index contributed by atoms with van der Waals surface area (Å²) in [6.07, 6.45) is 10.7. The highest BCUT2D eigenvalue weighted by Gasteiger charge is 2.20. The molecule has 0 aromatic rings. The minimum absolute atomic E-state index is 0.971. The first kappa shape index (κ1) is 10.8. The molecule has 2 unspecified atom stereocenters. The predicted molar refractivity (Wildman–Crippen MR) is 59.8 cm³/mol. The summed E-state index contributed by atoms with van der Waals surface area (Å²) < 4.78 is 0. The SMILES string of the molecule is CCC1=CCCC(CC)C(CC)C1. The molecule has 0 aliphatic heterocycles. The van der Waals surface area contributed by atoms with E-state index in [4.69, 9.17) is 0 Å². The molecule has 0 spiro atoms. The van der Waals surface area contributed by atoms with E-state index < -0.39 is 0 Å². The van der Waals surface area contributed by atoms with Gasteiger partial charge >= 0.3 is 0 Å². The Hall–Kier alpha value is -0.260. The van der Waals surface area contributed by atoms with Gasteiger partial charge in [-0.1, -0.05) is 45.3 Å². The van der Waals surface area contributed by atoms with Crippen LogP contribution in [0.1, 0.15) is 59.3 Å². The summed E-state index contributed by atoms with van der Waals surface area (Å²) in [5.74, 6) is 1.96. The second-order valence-electron chi connectivity index (χ2n) is 4.33. The van der Waals surface area contributed by atoms with Crippen molar-refractivity contribution >= 4 is 0 Å². The van der Waals surface area contributed by atoms with Gasteiger partial charge in [0.2, 0.25) is 0 Å². The van der Waals surface area contributed by atoms with E-state index in [1.807, 2.05) is 0 Å². The number of rotatable bonds is 3. The van der Waals surface area contributed by atoms with Crippen LogP contribution in [0.15, 0.2) is 11.6 Å². The van der Waals surface area contributed by atoms with Crippen molar-refractivity contribution in [2.45, 2.75) is 59.3 Å². The highest BCUT2D eigenvalue weighted by atomic mass is 14.3. The Labute approximate surface area is 83.4 Å². The minimum atomic E-state index is 0.971. The standard InChI is InChI=1S/C13H24/c1-4-11-8-7-9-12(5-2)13(6-3)10-11/h8,12-13H,4-7,9-10H2,1-3H3. The summed E-state index contributed by atoms with van der Waals surface area (Å²) >= 11 is 0. The second kappa shape index (κ2) is 5.47. The van der Waals surface area contributed by atoms with E-state index >= 15 is 0 Å². The lowest BCUT2D eigenvalue weighted by molar-refractivity contribution is 0.300. The number of allylic oxidation sites excluding steroid dienone is 2. The monoisotopic (exact) mass is 180 g/mol. The van der Waals surface area contributed by atoms with E-state index in [1.165, 1.54) is 38.5 Å². The Kier molecular flexibility index (Phi) is 4.55. The van der Waals surface area contributed by atoms with E-state index in [9.17, 15) is 0 Å². The van der Waals surface area contributed by atoms with Crippen LogP contribution in [0.5, 0.6) is 0 Å². The van der Waals surface area contributed by atoms with Gasteiger partial charge in [-0.05, 0) is 37.5 Å². The summed E-state index contributed by atoms with van der Waals surface area (Å²) in [5.41, 5.74) is 1.71. The summed E-state index contributed by atoms with van der Waals surface area (Å²) in [4.78, 5) is 0. The Morgan fingerprint density at radius 1 is 1.15 bits per heavy atom. The zero-order chi connectivity index (χ0) is 9.68. The van der Waals surface area contributed by atoms with Gasteiger partial charge in [0.25, 0.3) is 0 Å². The normalized spacial score (nSPS) is 29.6. The fourth-order valence-electron chi connectivity index (χ4n) is 2.63. The third-order valence-electron chi connectivity index (χ3n) is 3.66. The van der Waals surface area contributed by atoms with Crippen LogP contribution in [0.3, 0.4) is 0 Å². The van der Waals surface area contributed by atoms with Crippen molar-refractivity contribution in [2.24, 2.45) is 11.8 Å². The second-order valence-corrected chi connectivity index (χ2v) is 4.33. The van der Waals surface area contributed by atoms with Gasteiger partial charge in [0.05, 0.1) is 0 Å².